The molecule has 1 aliphatic carbocycles. The van der Waals surface area contributed by atoms with Crippen LogP contribution in [0.25, 0.3) is 0 Å². The van der Waals surface area contributed by atoms with Crippen molar-refractivity contribution < 1.29 is 4.42 Å². The molecule has 1 aliphatic heterocycles. The molecule has 1 saturated carbocycles. The van der Waals surface area contributed by atoms with Gasteiger partial charge in [-0.1, -0.05) is 25.7 Å². The van der Waals surface area contributed by atoms with Crippen molar-refractivity contribution in [2.24, 2.45) is 0 Å². The van der Waals surface area contributed by atoms with Gasteiger partial charge in [0.15, 0.2) is 0 Å². The van der Waals surface area contributed by atoms with Crippen LogP contribution in [0, 0.1) is 0 Å². The maximum absolute atomic E-state index is 5.22. The molecule has 0 aromatic carbocycles. The average molecular weight is 290 g/mol. The number of likely N-dealkylation sites (tertiary alicyclic amines) is 1. The number of nitrogens with zero attached hydrogens (tertiary/aromatic N) is 1. The molecule has 118 valence electrons. The van der Waals surface area contributed by atoms with Crippen molar-refractivity contribution in [3.63, 3.8) is 0 Å². The van der Waals surface area contributed by atoms with Crippen LogP contribution in [0.1, 0.15) is 69.9 Å². The largest absolute Gasteiger partial charge is 0.472 e. The molecule has 1 unspecified atom stereocenters. The zero-order chi connectivity index (χ0) is 14.5. The molecule has 3 rings (SSSR count). The van der Waals surface area contributed by atoms with Crippen LogP contribution in [0.4, 0.5) is 0 Å². The highest BCUT2D eigenvalue weighted by Gasteiger charge is 2.38. The fourth-order valence-corrected chi connectivity index (χ4v) is 4.17. The Morgan fingerprint density at radius 1 is 1.14 bits per heavy atom. The molecule has 0 bridgehead atoms. The lowest BCUT2D eigenvalue weighted by Gasteiger charge is -2.49. The first kappa shape index (κ1) is 15.1. The number of rotatable bonds is 5. The zero-order valence-electron chi connectivity index (χ0n) is 13.4. The van der Waals surface area contributed by atoms with Gasteiger partial charge in [-0.05, 0) is 51.8 Å². The van der Waals surface area contributed by atoms with Crippen LogP contribution in [0.2, 0.25) is 0 Å². The van der Waals surface area contributed by atoms with E-state index in [9.17, 15) is 0 Å². The van der Waals surface area contributed by atoms with E-state index < -0.39 is 0 Å². The molecule has 3 heteroatoms. The minimum atomic E-state index is 0.382. The molecule has 0 spiro atoms. The third-order valence-electron chi connectivity index (χ3n) is 5.59. The lowest BCUT2D eigenvalue weighted by atomic mass is 9.79. The Kier molecular flexibility index (Phi) is 5.02. The van der Waals surface area contributed by atoms with E-state index in [1.807, 2.05) is 6.26 Å². The summed E-state index contributed by atoms with van der Waals surface area (Å²) >= 11 is 0. The Bertz CT molecular complexity index is 403. The third-order valence-corrected chi connectivity index (χ3v) is 5.59. The topological polar surface area (TPSA) is 28.4 Å². The van der Waals surface area contributed by atoms with Gasteiger partial charge in [0.1, 0.15) is 0 Å². The molecule has 0 radical (unpaired) electrons. The van der Waals surface area contributed by atoms with Crippen molar-refractivity contribution in [3.8, 4) is 0 Å². The second kappa shape index (κ2) is 6.97. The van der Waals surface area contributed by atoms with E-state index in [4.69, 9.17) is 4.42 Å². The summed E-state index contributed by atoms with van der Waals surface area (Å²) in [6.45, 7) is 5.99. The molecule has 21 heavy (non-hydrogen) atoms. The molecule has 3 nitrogen and oxygen atoms in total. The maximum atomic E-state index is 5.22. The zero-order valence-corrected chi connectivity index (χ0v) is 13.4. The molecule has 2 heterocycles. The summed E-state index contributed by atoms with van der Waals surface area (Å²) in [5, 5.41) is 3.79. The molecule has 1 aromatic rings. The van der Waals surface area contributed by atoms with E-state index in [2.05, 4.69) is 23.2 Å². The molecule has 1 saturated heterocycles. The Hall–Kier alpha value is -0.800. The van der Waals surface area contributed by atoms with Crippen LogP contribution >= 0.6 is 0 Å². The molecule has 2 aliphatic rings. The van der Waals surface area contributed by atoms with Gasteiger partial charge < -0.3 is 9.73 Å². The van der Waals surface area contributed by atoms with Gasteiger partial charge in [0, 0.05) is 23.7 Å². The molecule has 1 N–H and O–H groups in total. The van der Waals surface area contributed by atoms with Gasteiger partial charge in [-0.3, -0.25) is 4.90 Å². The Labute approximate surface area is 129 Å². The van der Waals surface area contributed by atoms with Gasteiger partial charge in [-0.25, -0.2) is 0 Å². The summed E-state index contributed by atoms with van der Waals surface area (Å²) in [5.41, 5.74) is 1.68. The van der Waals surface area contributed by atoms with E-state index in [0.29, 0.717) is 11.6 Å². The van der Waals surface area contributed by atoms with Crippen LogP contribution < -0.4 is 5.32 Å². The van der Waals surface area contributed by atoms with Crippen LogP contribution in [0.5, 0.6) is 0 Å². The predicted octanol–water partition coefficient (Wildman–Crippen LogP) is 4.12. The Balaban J connectivity index is 1.64. The van der Waals surface area contributed by atoms with Crippen molar-refractivity contribution in [2.45, 2.75) is 69.9 Å². The lowest BCUT2D eigenvalue weighted by Crippen LogP contribution is -2.57. The second-order valence-corrected chi connectivity index (χ2v) is 6.99. The van der Waals surface area contributed by atoms with Crippen LogP contribution in [-0.4, -0.2) is 30.1 Å². The maximum Gasteiger partial charge on any atom is 0.0950 e. The van der Waals surface area contributed by atoms with Gasteiger partial charge in [0.25, 0.3) is 0 Å². The van der Waals surface area contributed by atoms with Gasteiger partial charge in [-0.15, -0.1) is 0 Å². The number of hydrogen-bond donors (Lipinski definition) is 1. The van der Waals surface area contributed by atoms with E-state index in [-0.39, 0.29) is 0 Å². The van der Waals surface area contributed by atoms with Crippen molar-refractivity contribution >= 4 is 0 Å². The Morgan fingerprint density at radius 3 is 2.52 bits per heavy atom. The molecule has 2 fully saturated rings. The first-order valence-corrected chi connectivity index (χ1v) is 8.81. The first-order valence-electron chi connectivity index (χ1n) is 8.81. The van der Waals surface area contributed by atoms with Gasteiger partial charge in [0.2, 0.25) is 0 Å². The first-order chi connectivity index (χ1) is 10.3. The fraction of sp³-hybridized carbons (Fsp3) is 0.778. The molecule has 1 atom stereocenters. The molecular weight excluding hydrogens is 260 g/mol. The van der Waals surface area contributed by atoms with Crippen LogP contribution in [-0.2, 0) is 0 Å². The molecule has 0 amide bonds. The third kappa shape index (κ3) is 3.51. The minimum absolute atomic E-state index is 0.382. The quantitative estimate of drug-likeness (QED) is 0.884. The van der Waals surface area contributed by atoms with Crippen molar-refractivity contribution in [1.29, 1.82) is 0 Å². The van der Waals surface area contributed by atoms with Gasteiger partial charge >= 0.3 is 0 Å². The van der Waals surface area contributed by atoms with Gasteiger partial charge in [-0.2, -0.15) is 0 Å². The summed E-state index contributed by atoms with van der Waals surface area (Å²) in [5.74, 6) is 0. The predicted molar refractivity (Wildman–Crippen MR) is 86.4 cm³/mol. The van der Waals surface area contributed by atoms with Crippen LogP contribution in [0.15, 0.2) is 23.0 Å². The highest BCUT2D eigenvalue weighted by atomic mass is 16.3. The summed E-state index contributed by atoms with van der Waals surface area (Å²) in [6, 6.07) is 2.46. The van der Waals surface area contributed by atoms with Crippen LogP contribution in [0.3, 0.4) is 0 Å². The minimum Gasteiger partial charge on any atom is -0.472 e. The SMILES string of the molecule is CC(NCC1(N2CCCCC2)CCCCC1)c1ccoc1. The Morgan fingerprint density at radius 2 is 1.86 bits per heavy atom. The summed E-state index contributed by atoms with van der Waals surface area (Å²) in [7, 11) is 0. The highest BCUT2D eigenvalue weighted by Crippen LogP contribution is 2.35. The fourth-order valence-electron chi connectivity index (χ4n) is 4.17. The summed E-state index contributed by atoms with van der Waals surface area (Å²) in [6.07, 6.45) is 14.8. The smallest absolute Gasteiger partial charge is 0.0950 e. The van der Waals surface area contributed by atoms with Crippen molar-refractivity contribution in [1.82, 2.24) is 10.2 Å². The van der Waals surface area contributed by atoms with E-state index in [1.165, 1.54) is 70.0 Å². The highest BCUT2D eigenvalue weighted by molar-refractivity contribution is 5.11. The van der Waals surface area contributed by atoms with Crippen molar-refractivity contribution in [2.75, 3.05) is 19.6 Å². The summed E-state index contributed by atoms with van der Waals surface area (Å²) in [4.78, 5) is 2.81. The van der Waals surface area contributed by atoms with Gasteiger partial charge in [0.05, 0.1) is 12.5 Å². The standard InChI is InChI=1S/C18H30N2O/c1-16(17-8-13-21-14-17)19-15-18(9-4-2-5-10-18)20-11-6-3-7-12-20/h8,13-14,16,19H,2-7,9-12,15H2,1H3. The monoisotopic (exact) mass is 290 g/mol. The molecule has 1 aromatic heterocycles. The lowest BCUT2D eigenvalue weighted by molar-refractivity contribution is 0.0317. The number of hydrogen-bond acceptors (Lipinski definition) is 3. The van der Waals surface area contributed by atoms with E-state index in [1.54, 1.807) is 6.26 Å². The van der Waals surface area contributed by atoms with Crippen molar-refractivity contribution in [3.05, 3.63) is 24.2 Å². The number of nitrogens with one attached hydrogen (secondary N) is 1. The van der Waals surface area contributed by atoms with E-state index in [0.717, 1.165) is 6.54 Å². The normalized spacial score (nSPS) is 24.8. The van der Waals surface area contributed by atoms with E-state index >= 15 is 0 Å². The number of piperidine rings is 1. The summed E-state index contributed by atoms with van der Waals surface area (Å²) < 4.78 is 5.22. The average Bonchev–Trinajstić information content (AvgIpc) is 3.09. The second-order valence-electron chi connectivity index (χ2n) is 6.99. The molecular formula is C18H30N2O. The number of furan rings is 1.